The molecule has 0 bridgehead atoms. The Labute approximate surface area is 180 Å². The minimum Gasteiger partial charge on any atom is -0.491 e. The summed E-state index contributed by atoms with van der Waals surface area (Å²) in [5.74, 6) is 0.632. The van der Waals surface area contributed by atoms with E-state index in [9.17, 15) is 9.59 Å². The Balaban J connectivity index is 1.39. The fourth-order valence-electron chi connectivity index (χ4n) is 2.88. The lowest BCUT2D eigenvalue weighted by Crippen LogP contribution is -2.32. The van der Waals surface area contributed by atoms with Gasteiger partial charge in [-0.15, -0.1) is 11.8 Å². The standard InChI is InChI=1S/C23H25N3O3S/c1-16(30-20-11-9-19(10-12-20)26-17(2)27)23(28)25-14-5-15-29-21-8-3-6-18-7-4-13-24-22(18)21/h3-4,6-13,16H,5,14-15H2,1-2H3,(H,25,28)(H,26,27). The number of rotatable bonds is 9. The maximum absolute atomic E-state index is 12.3. The van der Waals surface area contributed by atoms with Crippen molar-refractivity contribution in [3.63, 3.8) is 0 Å². The van der Waals surface area contributed by atoms with Crippen molar-refractivity contribution >= 4 is 40.2 Å². The van der Waals surface area contributed by atoms with Crippen molar-refractivity contribution in [3.05, 3.63) is 60.8 Å². The van der Waals surface area contributed by atoms with Crippen LogP contribution in [-0.4, -0.2) is 35.2 Å². The first kappa shape index (κ1) is 21.6. The van der Waals surface area contributed by atoms with Gasteiger partial charge in [-0.3, -0.25) is 14.6 Å². The van der Waals surface area contributed by atoms with Crippen molar-refractivity contribution < 1.29 is 14.3 Å². The van der Waals surface area contributed by atoms with Crippen LogP contribution < -0.4 is 15.4 Å². The molecule has 1 atom stereocenters. The number of ether oxygens (including phenoxy) is 1. The van der Waals surface area contributed by atoms with Crippen LogP contribution in [0.1, 0.15) is 20.3 Å². The molecule has 2 N–H and O–H groups in total. The van der Waals surface area contributed by atoms with Crippen LogP contribution in [0.25, 0.3) is 10.9 Å². The van der Waals surface area contributed by atoms with Gasteiger partial charge in [0.25, 0.3) is 0 Å². The van der Waals surface area contributed by atoms with Gasteiger partial charge in [0.15, 0.2) is 0 Å². The lowest BCUT2D eigenvalue weighted by molar-refractivity contribution is -0.120. The molecule has 2 amide bonds. The molecule has 0 spiro atoms. The van der Waals surface area contributed by atoms with Crippen LogP contribution in [0, 0.1) is 0 Å². The monoisotopic (exact) mass is 423 g/mol. The molecule has 0 fully saturated rings. The third-order valence-electron chi connectivity index (χ3n) is 4.33. The molecular formula is C23H25N3O3S. The second kappa shape index (κ2) is 10.6. The predicted molar refractivity (Wildman–Crippen MR) is 121 cm³/mol. The number of anilines is 1. The maximum atomic E-state index is 12.3. The van der Waals surface area contributed by atoms with E-state index in [0.717, 1.165) is 27.2 Å². The number of carbonyl (C=O) groups is 2. The molecule has 6 nitrogen and oxygen atoms in total. The van der Waals surface area contributed by atoms with Gasteiger partial charge in [0, 0.05) is 35.6 Å². The summed E-state index contributed by atoms with van der Waals surface area (Å²) >= 11 is 1.48. The van der Waals surface area contributed by atoms with Crippen LogP contribution in [-0.2, 0) is 9.59 Å². The molecule has 7 heteroatoms. The maximum Gasteiger partial charge on any atom is 0.233 e. The molecule has 3 aromatic rings. The first-order valence-corrected chi connectivity index (χ1v) is 10.7. The van der Waals surface area contributed by atoms with Crippen molar-refractivity contribution in [2.45, 2.75) is 30.4 Å². The van der Waals surface area contributed by atoms with Crippen molar-refractivity contribution in [1.29, 1.82) is 0 Å². The number of hydrogen-bond donors (Lipinski definition) is 2. The van der Waals surface area contributed by atoms with Gasteiger partial charge in [0.1, 0.15) is 11.3 Å². The van der Waals surface area contributed by atoms with Gasteiger partial charge in [-0.2, -0.15) is 0 Å². The van der Waals surface area contributed by atoms with Crippen molar-refractivity contribution in [2.24, 2.45) is 0 Å². The Hall–Kier alpha value is -3.06. The molecule has 0 saturated heterocycles. The fourth-order valence-corrected chi connectivity index (χ4v) is 3.77. The van der Waals surface area contributed by atoms with Crippen molar-refractivity contribution in [2.75, 3.05) is 18.5 Å². The van der Waals surface area contributed by atoms with Crippen LogP contribution in [0.4, 0.5) is 5.69 Å². The second-order valence-corrected chi connectivity index (χ2v) is 8.20. The third-order valence-corrected chi connectivity index (χ3v) is 5.44. The largest absolute Gasteiger partial charge is 0.491 e. The summed E-state index contributed by atoms with van der Waals surface area (Å²) < 4.78 is 5.85. The highest BCUT2D eigenvalue weighted by molar-refractivity contribution is 8.00. The molecule has 30 heavy (non-hydrogen) atoms. The van der Waals surface area contributed by atoms with Gasteiger partial charge in [0.05, 0.1) is 11.9 Å². The number of benzene rings is 2. The average Bonchev–Trinajstić information content (AvgIpc) is 2.74. The zero-order valence-electron chi connectivity index (χ0n) is 17.1. The molecule has 1 heterocycles. The quantitative estimate of drug-likeness (QED) is 0.397. The molecule has 1 aromatic heterocycles. The minimum atomic E-state index is -0.222. The summed E-state index contributed by atoms with van der Waals surface area (Å²) in [5, 5.41) is 6.50. The molecule has 0 aliphatic heterocycles. The van der Waals surface area contributed by atoms with E-state index in [2.05, 4.69) is 15.6 Å². The van der Waals surface area contributed by atoms with Gasteiger partial charge in [-0.05, 0) is 49.7 Å². The van der Waals surface area contributed by atoms with E-state index in [1.165, 1.54) is 18.7 Å². The van der Waals surface area contributed by atoms with E-state index in [-0.39, 0.29) is 17.1 Å². The van der Waals surface area contributed by atoms with E-state index in [1.54, 1.807) is 6.20 Å². The number of para-hydroxylation sites is 1. The molecule has 0 aliphatic carbocycles. The van der Waals surface area contributed by atoms with Gasteiger partial charge in [0.2, 0.25) is 11.8 Å². The van der Waals surface area contributed by atoms with E-state index >= 15 is 0 Å². The van der Waals surface area contributed by atoms with Crippen LogP contribution in [0.15, 0.2) is 65.7 Å². The van der Waals surface area contributed by atoms with Crippen LogP contribution >= 0.6 is 11.8 Å². The van der Waals surface area contributed by atoms with E-state index in [4.69, 9.17) is 4.74 Å². The van der Waals surface area contributed by atoms with Crippen LogP contribution in [0.5, 0.6) is 5.75 Å². The number of pyridine rings is 1. The highest BCUT2D eigenvalue weighted by Crippen LogP contribution is 2.25. The second-order valence-electron chi connectivity index (χ2n) is 6.79. The minimum absolute atomic E-state index is 0.0160. The van der Waals surface area contributed by atoms with Gasteiger partial charge in [-0.25, -0.2) is 0 Å². The van der Waals surface area contributed by atoms with Gasteiger partial charge < -0.3 is 15.4 Å². The highest BCUT2D eigenvalue weighted by Gasteiger charge is 2.14. The fraction of sp³-hybridized carbons (Fsp3) is 0.261. The zero-order valence-corrected chi connectivity index (χ0v) is 17.9. The Kier molecular flexibility index (Phi) is 7.68. The number of aromatic nitrogens is 1. The molecule has 0 saturated carbocycles. The van der Waals surface area contributed by atoms with Gasteiger partial charge in [-0.1, -0.05) is 18.2 Å². The lowest BCUT2D eigenvalue weighted by Gasteiger charge is -2.13. The van der Waals surface area contributed by atoms with E-state index < -0.39 is 0 Å². The van der Waals surface area contributed by atoms with E-state index in [0.29, 0.717) is 19.6 Å². The van der Waals surface area contributed by atoms with Crippen molar-refractivity contribution in [1.82, 2.24) is 10.3 Å². The Morgan fingerprint density at radius 1 is 1.10 bits per heavy atom. The molecule has 3 rings (SSSR count). The summed E-state index contributed by atoms with van der Waals surface area (Å²) in [4.78, 5) is 28.7. The number of fused-ring (bicyclic) bond motifs is 1. The first-order valence-electron chi connectivity index (χ1n) is 9.81. The van der Waals surface area contributed by atoms with Gasteiger partial charge >= 0.3 is 0 Å². The SMILES string of the molecule is CC(=O)Nc1ccc(SC(C)C(=O)NCCCOc2cccc3cccnc23)cc1. The summed E-state index contributed by atoms with van der Waals surface area (Å²) in [7, 11) is 0. The number of amides is 2. The molecule has 0 aliphatic rings. The molecule has 2 aromatic carbocycles. The predicted octanol–water partition coefficient (Wildman–Crippen LogP) is 4.26. The van der Waals surface area contributed by atoms with Crippen LogP contribution in [0.2, 0.25) is 0 Å². The Morgan fingerprint density at radius 2 is 1.87 bits per heavy atom. The number of nitrogens with zero attached hydrogens (tertiary/aromatic N) is 1. The zero-order chi connectivity index (χ0) is 21.3. The Bertz CT molecular complexity index is 1000. The smallest absolute Gasteiger partial charge is 0.233 e. The first-order chi connectivity index (χ1) is 14.5. The Morgan fingerprint density at radius 3 is 2.63 bits per heavy atom. The molecular weight excluding hydrogens is 398 g/mol. The lowest BCUT2D eigenvalue weighted by atomic mass is 10.2. The normalized spacial score (nSPS) is 11.7. The summed E-state index contributed by atoms with van der Waals surface area (Å²) in [5.41, 5.74) is 1.59. The third kappa shape index (κ3) is 6.22. The van der Waals surface area contributed by atoms with E-state index in [1.807, 2.05) is 61.5 Å². The molecule has 0 radical (unpaired) electrons. The van der Waals surface area contributed by atoms with Crippen LogP contribution in [0.3, 0.4) is 0 Å². The average molecular weight is 424 g/mol. The molecule has 1 unspecified atom stereocenters. The number of hydrogen-bond acceptors (Lipinski definition) is 5. The highest BCUT2D eigenvalue weighted by atomic mass is 32.2. The summed E-state index contributed by atoms with van der Waals surface area (Å²) in [6, 6.07) is 17.2. The summed E-state index contributed by atoms with van der Waals surface area (Å²) in [6.45, 7) is 4.39. The number of carbonyl (C=O) groups excluding carboxylic acids is 2. The topological polar surface area (TPSA) is 80.3 Å². The number of nitrogens with one attached hydrogen (secondary N) is 2. The summed E-state index contributed by atoms with van der Waals surface area (Å²) in [6.07, 6.45) is 2.46. The molecule has 156 valence electrons. The van der Waals surface area contributed by atoms with Crippen molar-refractivity contribution in [3.8, 4) is 5.75 Å². The number of thioether (sulfide) groups is 1.